The number of nitrogens with zero attached hydrogens (tertiary/aromatic N) is 1. The molecule has 94 valence electrons. The molecule has 2 aliphatic rings. The van der Waals surface area contributed by atoms with Crippen LogP contribution in [-0.2, 0) is 4.74 Å². The van der Waals surface area contributed by atoms with Gasteiger partial charge in [0.25, 0.3) is 0 Å². The maximum absolute atomic E-state index is 5.15. The van der Waals surface area contributed by atoms with Crippen molar-refractivity contribution in [2.24, 2.45) is 17.8 Å². The third-order valence-corrected chi connectivity index (χ3v) is 4.84. The van der Waals surface area contributed by atoms with Crippen molar-refractivity contribution in [1.82, 2.24) is 4.90 Å². The molecule has 0 radical (unpaired) electrons. The van der Waals surface area contributed by atoms with E-state index in [2.05, 4.69) is 27.9 Å². The summed E-state index contributed by atoms with van der Waals surface area (Å²) in [6.45, 7) is 3.19. The highest BCUT2D eigenvalue weighted by atomic mass is 79.9. The zero-order chi connectivity index (χ0) is 11.5. The van der Waals surface area contributed by atoms with Gasteiger partial charge >= 0.3 is 0 Å². The molecule has 16 heavy (non-hydrogen) atoms. The summed E-state index contributed by atoms with van der Waals surface area (Å²) < 4.78 is 5.15. The lowest BCUT2D eigenvalue weighted by molar-refractivity contribution is 0.172. The quantitative estimate of drug-likeness (QED) is 0.697. The van der Waals surface area contributed by atoms with Gasteiger partial charge in [-0.2, -0.15) is 0 Å². The van der Waals surface area contributed by atoms with Crippen molar-refractivity contribution in [3.63, 3.8) is 0 Å². The Morgan fingerprint density at radius 1 is 1.38 bits per heavy atom. The maximum atomic E-state index is 5.15. The summed E-state index contributed by atoms with van der Waals surface area (Å²) in [6, 6.07) is 0. The van der Waals surface area contributed by atoms with Crippen LogP contribution in [0, 0.1) is 17.8 Å². The number of hydrogen-bond acceptors (Lipinski definition) is 2. The first kappa shape index (κ1) is 12.8. The van der Waals surface area contributed by atoms with Gasteiger partial charge in [0.15, 0.2) is 0 Å². The van der Waals surface area contributed by atoms with E-state index in [0.717, 1.165) is 30.9 Å². The summed E-state index contributed by atoms with van der Waals surface area (Å²) in [4.78, 5) is 2.95. The predicted octanol–water partition coefficient (Wildman–Crippen LogP) is 2.76. The predicted molar refractivity (Wildman–Crippen MR) is 71.0 cm³/mol. The molecule has 0 aromatic carbocycles. The van der Waals surface area contributed by atoms with E-state index in [0.29, 0.717) is 4.83 Å². The van der Waals surface area contributed by atoms with E-state index in [1.54, 1.807) is 7.11 Å². The largest absolute Gasteiger partial charge is 0.383 e. The second-order valence-corrected chi connectivity index (χ2v) is 7.00. The van der Waals surface area contributed by atoms with Crippen molar-refractivity contribution in [2.45, 2.75) is 30.5 Å². The third-order valence-electron chi connectivity index (χ3n) is 4.29. The zero-order valence-electron chi connectivity index (χ0n) is 10.5. The molecule has 0 aromatic heterocycles. The average Bonchev–Trinajstić information content (AvgIpc) is 2.78. The van der Waals surface area contributed by atoms with Crippen molar-refractivity contribution in [1.29, 1.82) is 0 Å². The number of halogens is 1. The molecule has 2 saturated carbocycles. The van der Waals surface area contributed by atoms with Gasteiger partial charge in [0.05, 0.1) is 11.4 Å². The first-order chi connectivity index (χ1) is 7.69. The van der Waals surface area contributed by atoms with Crippen molar-refractivity contribution in [3.8, 4) is 0 Å². The van der Waals surface area contributed by atoms with Crippen LogP contribution in [0.5, 0.6) is 0 Å². The van der Waals surface area contributed by atoms with Gasteiger partial charge in [-0.15, -0.1) is 0 Å². The van der Waals surface area contributed by atoms with Crippen LogP contribution in [0.15, 0.2) is 0 Å². The molecule has 0 aromatic rings. The van der Waals surface area contributed by atoms with Crippen molar-refractivity contribution >= 4 is 15.9 Å². The molecule has 0 N–H and O–H groups in total. The Morgan fingerprint density at radius 3 is 2.75 bits per heavy atom. The molecule has 4 atom stereocenters. The molecule has 0 aliphatic heterocycles. The molecule has 2 aliphatic carbocycles. The van der Waals surface area contributed by atoms with Gasteiger partial charge < -0.3 is 9.64 Å². The van der Waals surface area contributed by atoms with Gasteiger partial charge in [0.1, 0.15) is 0 Å². The Hall–Kier alpha value is 0.400. The number of alkyl halides is 1. The first-order valence-corrected chi connectivity index (χ1v) is 7.42. The highest BCUT2D eigenvalue weighted by Gasteiger charge is 2.39. The fraction of sp³-hybridized carbons (Fsp3) is 1.00. The number of hydrogen-bond donors (Lipinski definition) is 0. The van der Waals surface area contributed by atoms with Crippen molar-refractivity contribution in [3.05, 3.63) is 0 Å². The summed E-state index contributed by atoms with van der Waals surface area (Å²) >= 11 is 3.66. The first-order valence-electron chi connectivity index (χ1n) is 6.50. The van der Waals surface area contributed by atoms with Crippen molar-refractivity contribution < 1.29 is 4.74 Å². The monoisotopic (exact) mass is 289 g/mol. The number of methoxy groups -OCH3 is 1. The van der Waals surface area contributed by atoms with E-state index in [4.69, 9.17) is 4.74 Å². The zero-order valence-corrected chi connectivity index (χ0v) is 12.1. The summed E-state index contributed by atoms with van der Waals surface area (Å²) in [6.07, 6.45) is 6.02. The van der Waals surface area contributed by atoms with E-state index < -0.39 is 0 Å². The molecule has 2 nitrogen and oxygen atoms in total. The van der Waals surface area contributed by atoms with E-state index in [-0.39, 0.29) is 0 Å². The number of ether oxygens (including phenoxy) is 1. The van der Waals surface area contributed by atoms with Gasteiger partial charge in [-0.25, -0.2) is 0 Å². The normalized spacial score (nSPS) is 34.9. The Balaban J connectivity index is 1.69. The Kier molecular flexibility index (Phi) is 4.68. The van der Waals surface area contributed by atoms with Crippen LogP contribution >= 0.6 is 15.9 Å². The van der Waals surface area contributed by atoms with Gasteiger partial charge in [-0.1, -0.05) is 22.4 Å². The molecule has 3 heteroatoms. The molecule has 2 bridgehead atoms. The van der Waals surface area contributed by atoms with Gasteiger partial charge in [0.2, 0.25) is 0 Å². The van der Waals surface area contributed by atoms with E-state index >= 15 is 0 Å². The molecular formula is C13H24BrNO. The molecule has 0 amide bonds. The summed E-state index contributed by atoms with van der Waals surface area (Å²) in [5.41, 5.74) is 0. The SMILES string of the molecule is COCC(Br)CN(C)CC1CC2CCC1C2. The van der Waals surface area contributed by atoms with Crippen LogP contribution in [0.4, 0.5) is 0 Å². The second-order valence-electron chi connectivity index (χ2n) is 5.71. The minimum atomic E-state index is 0.473. The number of fused-ring (bicyclic) bond motifs is 2. The number of rotatable bonds is 6. The third kappa shape index (κ3) is 3.21. The van der Waals surface area contributed by atoms with Gasteiger partial charge in [-0.05, 0) is 44.1 Å². The molecular weight excluding hydrogens is 266 g/mol. The van der Waals surface area contributed by atoms with Crippen LogP contribution in [0.25, 0.3) is 0 Å². The minimum absolute atomic E-state index is 0.473. The standard InChI is InChI=1S/C13H24BrNO/c1-15(8-13(14)9-16-2)7-12-6-10-3-4-11(12)5-10/h10-13H,3-9H2,1-2H3. The lowest BCUT2D eigenvalue weighted by Crippen LogP contribution is -2.34. The molecule has 0 saturated heterocycles. The van der Waals surface area contributed by atoms with Crippen LogP contribution in [0.3, 0.4) is 0 Å². The van der Waals surface area contributed by atoms with Gasteiger partial charge in [-0.3, -0.25) is 0 Å². The lowest BCUT2D eigenvalue weighted by atomic mass is 9.88. The fourth-order valence-electron chi connectivity index (χ4n) is 3.65. The van der Waals surface area contributed by atoms with E-state index in [9.17, 15) is 0 Å². The second kappa shape index (κ2) is 5.83. The smallest absolute Gasteiger partial charge is 0.0600 e. The van der Waals surface area contributed by atoms with E-state index in [1.165, 1.54) is 32.2 Å². The van der Waals surface area contributed by atoms with E-state index in [1.807, 2.05) is 0 Å². The van der Waals surface area contributed by atoms with Gasteiger partial charge in [0, 0.05) is 20.2 Å². The Morgan fingerprint density at radius 2 is 2.19 bits per heavy atom. The molecule has 2 fully saturated rings. The topological polar surface area (TPSA) is 12.5 Å². The average molecular weight is 290 g/mol. The van der Waals surface area contributed by atoms with Crippen LogP contribution in [-0.4, -0.2) is 43.6 Å². The lowest BCUT2D eigenvalue weighted by Gasteiger charge is -2.28. The summed E-state index contributed by atoms with van der Waals surface area (Å²) in [5, 5.41) is 0. The molecule has 4 unspecified atom stereocenters. The van der Waals surface area contributed by atoms with Crippen LogP contribution in [0.2, 0.25) is 0 Å². The van der Waals surface area contributed by atoms with Crippen LogP contribution in [0.1, 0.15) is 25.7 Å². The summed E-state index contributed by atoms with van der Waals surface area (Å²) in [7, 11) is 4.01. The fourth-order valence-corrected chi connectivity index (χ4v) is 4.41. The molecule has 2 rings (SSSR count). The molecule has 0 spiro atoms. The Labute approximate surface area is 108 Å². The van der Waals surface area contributed by atoms with Crippen molar-refractivity contribution in [2.75, 3.05) is 33.9 Å². The highest BCUT2D eigenvalue weighted by molar-refractivity contribution is 9.09. The summed E-state index contributed by atoms with van der Waals surface area (Å²) in [5.74, 6) is 3.09. The Bertz CT molecular complexity index is 224. The molecule has 0 heterocycles. The minimum Gasteiger partial charge on any atom is -0.383 e. The maximum Gasteiger partial charge on any atom is 0.0600 e. The van der Waals surface area contributed by atoms with Crippen LogP contribution < -0.4 is 0 Å². The highest BCUT2D eigenvalue weighted by Crippen LogP contribution is 2.48.